The maximum atomic E-state index is 13.3. The summed E-state index contributed by atoms with van der Waals surface area (Å²) < 4.78 is 6.15. The van der Waals surface area contributed by atoms with Gasteiger partial charge in [0.2, 0.25) is 5.91 Å². The number of carbonyl (C=O) groups excluding carboxylic acids is 2. The van der Waals surface area contributed by atoms with Crippen molar-refractivity contribution in [3.63, 3.8) is 0 Å². The van der Waals surface area contributed by atoms with E-state index in [1.807, 2.05) is 43.1 Å². The second-order valence-corrected chi connectivity index (χ2v) is 10.5. The predicted molar refractivity (Wildman–Crippen MR) is 141 cm³/mol. The molecule has 3 rings (SSSR count). The van der Waals surface area contributed by atoms with Crippen LogP contribution in [0.25, 0.3) is 0 Å². The van der Waals surface area contributed by atoms with Gasteiger partial charge in [-0.05, 0) is 56.8 Å². The molecule has 0 aromatic heterocycles. The molecule has 0 bridgehead atoms. The van der Waals surface area contributed by atoms with Crippen molar-refractivity contribution in [3.05, 3.63) is 34.9 Å². The van der Waals surface area contributed by atoms with Gasteiger partial charge < -0.3 is 25.6 Å². The number of nitrogens with zero attached hydrogens (tertiary/aromatic N) is 1. The molecule has 1 heterocycles. The minimum Gasteiger partial charge on any atom is -0.363 e. The van der Waals surface area contributed by atoms with Crippen molar-refractivity contribution in [1.29, 1.82) is 0 Å². The number of likely N-dealkylation sites (N-methyl/N-ethyl adjacent to an activating group) is 2. The molecule has 1 saturated heterocycles. The lowest BCUT2D eigenvalue weighted by molar-refractivity contribution is -0.129. The van der Waals surface area contributed by atoms with Crippen LogP contribution >= 0.6 is 11.6 Å². The summed E-state index contributed by atoms with van der Waals surface area (Å²) in [5.41, 5.74) is 0.944. The van der Waals surface area contributed by atoms with E-state index in [1.165, 1.54) is 32.1 Å². The van der Waals surface area contributed by atoms with Crippen LogP contribution in [0, 0.1) is 11.8 Å². The van der Waals surface area contributed by atoms with Gasteiger partial charge in [-0.1, -0.05) is 55.8 Å². The van der Waals surface area contributed by atoms with E-state index < -0.39 is 0 Å². The van der Waals surface area contributed by atoms with Crippen LogP contribution in [0.5, 0.6) is 0 Å². The second kappa shape index (κ2) is 14.7. The van der Waals surface area contributed by atoms with Gasteiger partial charge >= 0.3 is 6.03 Å². The number of rotatable bonds is 11. The van der Waals surface area contributed by atoms with Crippen molar-refractivity contribution in [1.82, 2.24) is 20.9 Å². The number of halogens is 1. The number of hydrogen-bond donors (Lipinski definition) is 3. The standard InChI is InChI=1S/C27H43ClN4O3/c1-3-30-25(33)19-35-26(21-11-7-13-23(28)16-21)22-12-8-14-32(18-22)27(34)31-24(17-29-2)15-20-9-5-4-6-10-20/h7,11,13,16,20,22,24,26,29H,3-6,8-10,12,14-15,17-19H2,1-2H3,(H,30,33)(H,31,34)/t22-,24?,26-/m1/s1. The number of piperidine rings is 1. The lowest BCUT2D eigenvalue weighted by atomic mass is 9.85. The number of urea groups is 1. The summed E-state index contributed by atoms with van der Waals surface area (Å²) >= 11 is 6.27. The summed E-state index contributed by atoms with van der Waals surface area (Å²) in [6.07, 6.45) is 9.05. The third-order valence-corrected chi connectivity index (χ3v) is 7.47. The molecule has 2 aliphatic rings. The molecule has 7 nitrogen and oxygen atoms in total. The predicted octanol–water partition coefficient (Wildman–Crippen LogP) is 4.51. The van der Waals surface area contributed by atoms with E-state index in [-0.39, 0.29) is 36.6 Å². The first-order valence-corrected chi connectivity index (χ1v) is 13.7. The fraction of sp³-hybridized carbons (Fsp3) is 0.704. The van der Waals surface area contributed by atoms with E-state index in [9.17, 15) is 9.59 Å². The molecule has 1 aromatic rings. The number of ether oxygens (including phenoxy) is 1. The van der Waals surface area contributed by atoms with E-state index in [0.717, 1.165) is 37.9 Å². The highest BCUT2D eigenvalue weighted by Gasteiger charge is 2.32. The molecule has 0 radical (unpaired) electrons. The Hall–Kier alpha value is -1.83. The molecule has 3 atom stereocenters. The van der Waals surface area contributed by atoms with Gasteiger partial charge in [0.25, 0.3) is 0 Å². The van der Waals surface area contributed by atoms with Gasteiger partial charge in [0, 0.05) is 43.2 Å². The summed E-state index contributed by atoms with van der Waals surface area (Å²) in [4.78, 5) is 27.3. The minimum atomic E-state index is -0.303. The van der Waals surface area contributed by atoms with E-state index >= 15 is 0 Å². The minimum absolute atomic E-state index is 0.000621. The zero-order valence-electron chi connectivity index (χ0n) is 21.4. The van der Waals surface area contributed by atoms with Crippen LogP contribution in [0.2, 0.25) is 5.02 Å². The van der Waals surface area contributed by atoms with Gasteiger partial charge in [-0.15, -0.1) is 0 Å². The third-order valence-electron chi connectivity index (χ3n) is 7.24. The molecule has 3 N–H and O–H groups in total. The summed E-state index contributed by atoms with van der Waals surface area (Å²) in [5.74, 6) is 0.650. The Labute approximate surface area is 215 Å². The maximum Gasteiger partial charge on any atom is 0.317 e. The molecule has 8 heteroatoms. The molecule has 1 saturated carbocycles. The highest BCUT2D eigenvalue weighted by Crippen LogP contribution is 2.34. The lowest BCUT2D eigenvalue weighted by Crippen LogP contribution is -2.52. The molecule has 35 heavy (non-hydrogen) atoms. The normalized spacial score (nSPS) is 20.8. The van der Waals surface area contributed by atoms with Crippen LogP contribution in [0.1, 0.15) is 70.0 Å². The monoisotopic (exact) mass is 506 g/mol. The number of benzene rings is 1. The summed E-state index contributed by atoms with van der Waals surface area (Å²) in [6, 6.07) is 7.76. The topological polar surface area (TPSA) is 82.7 Å². The first-order chi connectivity index (χ1) is 17.0. The van der Waals surface area contributed by atoms with E-state index in [1.54, 1.807) is 0 Å². The van der Waals surface area contributed by atoms with Crippen molar-refractivity contribution in [3.8, 4) is 0 Å². The number of likely N-dealkylation sites (tertiary alicyclic amines) is 1. The number of carbonyl (C=O) groups is 2. The van der Waals surface area contributed by atoms with Gasteiger partial charge in [0.15, 0.2) is 0 Å². The SMILES string of the molecule is CCNC(=O)CO[C@H](c1cccc(Cl)c1)[C@@H]1CCCN(C(=O)NC(CNC)CC2CCCCC2)C1. The third kappa shape index (κ3) is 8.96. The summed E-state index contributed by atoms with van der Waals surface area (Å²) in [7, 11) is 1.94. The molecule has 1 aliphatic carbocycles. The molecule has 2 fully saturated rings. The Morgan fingerprint density at radius 1 is 1.17 bits per heavy atom. The molecule has 1 unspecified atom stereocenters. The maximum absolute atomic E-state index is 13.3. The summed E-state index contributed by atoms with van der Waals surface area (Å²) in [6.45, 7) is 4.54. The average molecular weight is 507 g/mol. The van der Waals surface area contributed by atoms with Crippen molar-refractivity contribution in [2.45, 2.75) is 70.4 Å². The quantitative estimate of drug-likeness (QED) is 0.412. The molecular weight excluding hydrogens is 464 g/mol. The number of nitrogens with one attached hydrogen (secondary N) is 3. The Bertz CT molecular complexity index is 802. The molecule has 1 aromatic carbocycles. The Kier molecular flexibility index (Phi) is 11.6. The van der Waals surface area contributed by atoms with Crippen molar-refractivity contribution in [2.24, 2.45) is 11.8 Å². The van der Waals surface area contributed by atoms with Crippen molar-refractivity contribution in [2.75, 3.05) is 39.8 Å². The lowest BCUT2D eigenvalue weighted by Gasteiger charge is -2.38. The first-order valence-electron chi connectivity index (χ1n) is 13.3. The van der Waals surface area contributed by atoms with Gasteiger partial charge in [-0.25, -0.2) is 4.79 Å². The largest absolute Gasteiger partial charge is 0.363 e. The highest BCUT2D eigenvalue weighted by molar-refractivity contribution is 6.30. The number of amides is 3. The van der Waals surface area contributed by atoms with Crippen LogP contribution in [0.15, 0.2) is 24.3 Å². The van der Waals surface area contributed by atoms with Crippen LogP contribution in [0.4, 0.5) is 4.79 Å². The average Bonchev–Trinajstić information content (AvgIpc) is 2.85. The van der Waals surface area contributed by atoms with Crippen LogP contribution < -0.4 is 16.0 Å². The molecule has 3 amide bonds. The van der Waals surface area contributed by atoms with Crippen LogP contribution in [0.3, 0.4) is 0 Å². The second-order valence-electron chi connectivity index (χ2n) is 10.0. The molecule has 1 aliphatic heterocycles. The molecule has 196 valence electrons. The Morgan fingerprint density at radius 3 is 2.69 bits per heavy atom. The zero-order valence-corrected chi connectivity index (χ0v) is 22.1. The van der Waals surface area contributed by atoms with Gasteiger partial charge in [0.05, 0.1) is 6.10 Å². The highest BCUT2D eigenvalue weighted by atomic mass is 35.5. The van der Waals surface area contributed by atoms with Crippen molar-refractivity contribution >= 4 is 23.5 Å². The van der Waals surface area contributed by atoms with Gasteiger partial charge in [-0.3, -0.25) is 4.79 Å². The smallest absolute Gasteiger partial charge is 0.317 e. The Morgan fingerprint density at radius 2 is 1.97 bits per heavy atom. The van der Waals surface area contributed by atoms with Crippen LogP contribution in [-0.4, -0.2) is 62.7 Å². The molecular formula is C27H43ClN4O3. The summed E-state index contributed by atoms with van der Waals surface area (Å²) in [5, 5.41) is 9.99. The van der Waals surface area contributed by atoms with Crippen LogP contribution in [-0.2, 0) is 9.53 Å². The van der Waals surface area contributed by atoms with E-state index in [2.05, 4.69) is 16.0 Å². The van der Waals surface area contributed by atoms with E-state index in [0.29, 0.717) is 24.0 Å². The first kappa shape index (κ1) is 27.8. The van der Waals surface area contributed by atoms with Gasteiger partial charge in [-0.2, -0.15) is 0 Å². The fourth-order valence-electron chi connectivity index (χ4n) is 5.57. The van der Waals surface area contributed by atoms with E-state index in [4.69, 9.17) is 16.3 Å². The van der Waals surface area contributed by atoms with Crippen molar-refractivity contribution < 1.29 is 14.3 Å². The fourth-order valence-corrected chi connectivity index (χ4v) is 5.77. The molecule has 0 spiro atoms. The Balaban J connectivity index is 1.64. The van der Waals surface area contributed by atoms with Gasteiger partial charge in [0.1, 0.15) is 6.61 Å². The number of hydrogen-bond acceptors (Lipinski definition) is 4. The zero-order chi connectivity index (χ0) is 25.0.